The summed E-state index contributed by atoms with van der Waals surface area (Å²) in [5, 5.41) is 2.26. The summed E-state index contributed by atoms with van der Waals surface area (Å²) >= 11 is 0. The third-order valence-electron chi connectivity index (χ3n) is 4.83. The number of halogens is 6. The van der Waals surface area contributed by atoms with Gasteiger partial charge in [0.15, 0.2) is 0 Å². The Hall–Kier alpha value is -3.15. The predicted molar refractivity (Wildman–Crippen MR) is 102 cm³/mol. The Morgan fingerprint density at radius 2 is 1.56 bits per heavy atom. The summed E-state index contributed by atoms with van der Waals surface area (Å²) in [4.78, 5) is 31.0. The SMILES string of the molecule is O=C(CN1CCN(C(=O)c2ccc(C(F)(F)F)nc2)CC1)Nc1ccccc1C(F)(F)F. The van der Waals surface area contributed by atoms with Crippen LogP contribution in [0.1, 0.15) is 21.6 Å². The normalized spacial score (nSPS) is 15.5. The summed E-state index contributed by atoms with van der Waals surface area (Å²) in [5.74, 6) is -1.12. The molecule has 1 fully saturated rings. The Morgan fingerprint density at radius 3 is 2.12 bits per heavy atom. The van der Waals surface area contributed by atoms with Crippen molar-refractivity contribution < 1.29 is 35.9 Å². The molecule has 0 spiro atoms. The number of amides is 2. The number of piperazine rings is 1. The van der Waals surface area contributed by atoms with E-state index in [2.05, 4.69) is 10.3 Å². The minimum Gasteiger partial charge on any atom is -0.336 e. The van der Waals surface area contributed by atoms with Crippen molar-refractivity contribution in [3.8, 4) is 0 Å². The molecule has 12 heteroatoms. The van der Waals surface area contributed by atoms with Crippen molar-refractivity contribution in [2.45, 2.75) is 12.4 Å². The molecule has 32 heavy (non-hydrogen) atoms. The van der Waals surface area contributed by atoms with E-state index in [1.165, 1.54) is 17.0 Å². The Labute approximate surface area is 178 Å². The molecule has 1 aliphatic heterocycles. The minimum absolute atomic E-state index is 0.00736. The zero-order chi connectivity index (χ0) is 23.5. The van der Waals surface area contributed by atoms with Crippen LogP contribution in [0.5, 0.6) is 0 Å². The Bertz CT molecular complexity index is 967. The number of hydrogen-bond donors (Lipinski definition) is 1. The molecule has 2 aromatic rings. The van der Waals surface area contributed by atoms with Crippen molar-refractivity contribution >= 4 is 17.5 Å². The number of anilines is 1. The molecule has 0 atom stereocenters. The number of benzene rings is 1. The number of para-hydroxylation sites is 1. The first-order valence-corrected chi connectivity index (χ1v) is 9.46. The second-order valence-electron chi connectivity index (χ2n) is 7.09. The standard InChI is InChI=1S/C20H18F6N4O2/c21-19(22,23)14-3-1-2-4-15(14)28-17(31)12-29-7-9-30(10-8-29)18(32)13-5-6-16(27-11-13)20(24,25)26/h1-6,11H,7-10,12H2,(H,28,31). The number of carbonyl (C=O) groups excluding carboxylic acids is 2. The van der Waals surface area contributed by atoms with Crippen molar-refractivity contribution in [2.75, 3.05) is 38.0 Å². The van der Waals surface area contributed by atoms with Gasteiger partial charge in [0.1, 0.15) is 5.69 Å². The molecule has 2 heterocycles. The zero-order valence-electron chi connectivity index (χ0n) is 16.5. The van der Waals surface area contributed by atoms with Crippen LogP contribution >= 0.6 is 0 Å². The number of rotatable bonds is 4. The monoisotopic (exact) mass is 460 g/mol. The third-order valence-corrected chi connectivity index (χ3v) is 4.83. The van der Waals surface area contributed by atoms with E-state index in [0.717, 1.165) is 30.5 Å². The highest BCUT2D eigenvalue weighted by Crippen LogP contribution is 2.34. The number of carbonyl (C=O) groups is 2. The van der Waals surface area contributed by atoms with Crippen molar-refractivity contribution in [3.63, 3.8) is 0 Å². The fraction of sp³-hybridized carbons (Fsp3) is 0.350. The molecule has 2 amide bonds. The second kappa shape index (κ2) is 9.15. The van der Waals surface area contributed by atoms with Gasteiger partial charge in [-0.05, 0) is 24.3 Å². The summed E-state index contributed by atoms with van der Waals surface area (Å²) in [5.41, 5.74) is -2.38. The highest BCUT2D eigenvalue weighted by Gasteiger charge is 2.34. The summed E-state index contributed by atoms with van der Waals surface area (Å²) in [6, 6.07) is 6.42. The lowest BCUT2D eigenvalue weighted by Gasteiger charge is -2.34. The van der Waals surface area contributed by atoms with Crippen molar-refractivity contribution in [1.82, 2.24) is 14.8 Å². The van der Waals surface area contributed by atoms with Crippen molar-refractivity contribution in [1.29, 1.82) is 0 Å². The van der Waals surface area contributed by atoms with Crippen LogP contribution in [0.3, 0.4) is 0 Å². The molecule has 6 nitrogen and oxygen atoms in total. The van der Waals surface area contributed by atoms with Gasteiger partial charge in [-0.25, -0.2) is 0 Å². The molecule has 1 saturated heterocycles. The van der Waals surface area contributed by atoms with Crippen LogP contribution < -0.4 is 5.32 Å². The van der Waals surface area contributed by atoms with Crippen LogP contribution in [0.4, 0.5) is 32.0 Å². The smallest absolute Gasteiger partial charge is 0.336 e. The van der Waals surface area contributed by atoms with E-state index < -0.39 is 35.4 Å². The second-order valence-corrected chi connectivity index (χ2v) is 7.09. The molecule has 0 bridgehead atoms. The van der Waals surface area contributed by atoms with Crippen LogP contribution in [0.25, 0.3) is 0 Å². The van der Waals surface area contributed by atoms with E-state index in [1.807, 2.05) is 0 Å². The highest BCUT2D eigenvalue weighted by molar-refractivity contribution is 5.94. The summed E-state index contributed by atoms with van der Waals surface area (Å²) in [7, 11) is 0. The molecule has 1 aromatic carbocycles. The van der Waals surface area contributed by atoms with Crippen LogP contribution in [0.15, 0.2) is 42.6 Å². The van der Waals surface area contributed by atoms with Gasteiger partial charge in [0, 0.05) is 32.4 Å². The topological polar surface area (TPSA) is 65.5 Å². The van der Waals surface area contributed by atoms with Gasteiger partial charge in [-0.2, -0.15) is 26.3 Å². The highest BCUT2D eigenvalue weighted by atomic mass is 19.4. The molecule has 172 valence electrons. The van der Waals surface area contributed by atoms with E-state index in [-0.39, 0.29) is 44.0 Å². The van der Waals surface area contributed by atoms with E-state index in [9.17, 15) is 35.9 Å². The Kier molecular flexibility index (Phi) is 6.72. The molecule has 0 aliphatic carbocycles. The minimum atomic E-state index is -4.61. The molecule has 1 aromatic heterocycles. The van der Waals surface area contributed by atoms with E-state index in [0.29, 0.717) is 0 Å². The van der Waals surface area contributed by atoms with Gasteiger partial charge < -0.3 is 10.2 Å². The van der Waals surface area contributed by atoms with Crippen LogP contribution in [0, 0.1) is 0 Å². The van der Waals surface area contributed by atoms with Gasteiger partial charge in [-0.15, -0.1) is 0 Å². The predicted octanol–water partition coefficient (Wildman–Crippen LogP) is 3.52. The van der Waals surface area contributed by atoms with Crippen LogP contribution in [-0.4, -0.2) is 59.3 Å². The maximum absolute atomic E-state index is 13.0. The summed E-state index contributed by atoms with van der Waals surface area (Å²) in [6.45, 7) is 0.775. The maximum Gasteiger partial charge on any atom is 0.433 e. The first-order chi connectivity index (χ1) is 14.9. The fourth-order valence-corrected chi connectivity index (χ4v) is 3.21. The van der Waals surface area contributed by atoms with E-state index in [4.69, 9.17) is 0 Å². The lowest BCUT2D eigenvalue weighted by molar-refractivity contribution is -0.141. The number of pyridine rings is 1. The molecule has 0 radical (unpaired) electrons. The van der Waals surface area contributed by atoms with Crippen molar-refractivity contribution in [3.05, 3.63) is 59.4 Å². The number of nitrogens with zero attached hydrogens (tertiary/aromatic N) is 3. The number of aromatic nitrogens is 1. The molecular weight excluding hydrogens is 442 g/mol. The zero-order valence-corrected chi connectivity index (χ0v) is 16.5. The van der Waals surface area contributed by atoms with Gasteiger partial charge in [0.25, 0.3) is 5.91 Å². The van der Waals surface area contributed by atoms with E-state index >= 15 is 0 Å². The van der Waals surface area contributed by atoms with E-state index in [1.54, 1.807) is 4.90 Å². The molecule has 3 rings (SSSR count). The lowest BCUT2D eigenvalue weighted by atomic mass is 10.1. The average Bonchev–Trinajstić information content (AvgIpc) is 2.73. The fourth-order valence-electron chi connectivity index (χ4n) is 3.21. The molecular formula is C20H18F6N4O2. The first-order valence-electron chi connectivity index (χ1n) is 9.46. The number of alkyl halides is 6. The third kappa shape index (κ3) is 5.75. The summed E-state index contributed by atoms with van der Waals surface area (Å²) < 4.78 is 76.9. The van der Waals surface area contributed by atoms with Crippen LogP contribution in [-0.2, 0) is 17.1 Å². The van der Waals surface area contributed by atoms with Gasteiger partial charge >= 0.3 is 12.4 Å². The van der Waals surface area contributed by atoms with Crippen molar-refractivity contribution in [2.24, 2.45) is 0 Å². The Morgan fingerprint density at radius 1 is 0.906 bits per heavy atom. The quantitative estimate of drug-likeness (QED) is 0.710. The Balaban J connectivity index is 1.53. The number of hydrogen-bond acceptors (Lipinski definition) is 4. The maximum atomic E-state index is 13.0. The van der Waals surface area contributed by atoms with Gasteiger partial charge in [0.05, 0.1) is 23.4 Å². The van der Waals surface area contributed by atoms with Gasteiger partial charge in [-0.1, -0.05) is 12.1 Å². The van der Waals surface area contributed by atoms with Gasteiger partial charge in [-0.3, -0.25) is 19.5 Å². The molecule has 0 unspecified atom stereocenters. The largest absolute Gasteiger partial charge is 0.433 e. The van der Waals surface area contributed by atoms with Crippen LogP contribution in [0.2, 0.25) is 0 Å². The molecule has 1 aliphatic rings. The average molecular weight is 460 g/mol. The molecule has 0 saturated carbocycles. The number of nitrogens with one attached hydrogen (secondary N) is 1. The lowest BCUT2D eigenvalue weighted by Crippen LogP contribution is -2.50. The van der Waals surface area contributed by atoms with Gasteiger partial charge in [0.2, 0.25) is 5.91 Å². The first kappa shape index (κ1) is 23.5. The summed E-state index contributed by atoms with van der Waals surface area (Å²) in [6.07, 6.45) is -8.35. The molecule has 1 N–H and O–H groups in total.